The average molecular weight is 378 g/mol. The Kier molecular flexibility index (Phi) is 4.23. The van der Waals surface area contributed by atoms with E-state index in [1.807, 2.05) is 0 Å². The van der Waals surface area contributed by atoms with Crippen molar-refractivity contribution in [3.63, 3.8) is 0 Å². The highest BCUT2D eigenvalue weighted by Crippen LogP contribution is 2.35. The molecule has 0 fully saturated rings. The number of nitrogens with zero attached hydrogens (tertiary/aromatic N) is 2. The van der Waals surface area contributed by atoms with Gasteiger partial charge in [0.2, 0.25) is 0 Å². The summed E-state index contributed by atoms with van der Waals surface area (Å²) >= 11 is 0. The molecule has 1 aliphatic rings. The number of aromatic nitrogens is 2. The maximum Gasteiger partial charge on any atom is 0.259 e. The molecule has 2 heterocycles. The van der Waals surface area contributed by atoms with E-state index in [1.54, 1.807) is 54.5 Å². The van der Waals surface area contributed by atoms with Gasteiger partial charge < -0.3 is 24.5 Å². The Morgan fingerprint density at radius 3 is 2.64 bits per heavy atom. The van der Waals surface area contributed by atoms with E-state index < -0.39 is 0 Å². The standard InChI is InChI=1S/C20H18N4O4/c1-27-15-8-7-11(9-16(15)28-2)24-10-14(25)17(18(24)21)19-22-13-6-4-3-5-12(13)20(26)23-19/h3-9,21,25H,10H2,1-2H3,(H,22,23,26). The van der Waals surface area contributed by atoms with Crippen LogP contribution in [0.5, 0.6) is 11.5 Å². The third kappa shape index (κ3) is 2.75. The van der Waals surface area contributed by atoms with Gasteiger partial charge in [-0.2, -0.15) is 0 Å². The fourth-order valence-corrected chi connectivity index (χ4v) is 3.25. The highest BCUT2D eigenvalue weighted by molar-refractivity contribution is 6.30. The number of nitrogens with one attached hydrogen (secondary N) is 2. The largest absolute Gasteiger partial charge is 0.509 e. The van der Waals surface area contributed by atoms with Gasteiger partial charge >= 0.3 is 0 Å². The molecule has 0 saturated heterocycles. The summed E-state index contributed by atoms with van der Waals surface area (Å²) in [4.78, 5) is 21.1. The first-order chi connectivity index (χ1) is 13.5. The molecule has 0 amide bonds. The van der Waals surface area contributed by atoms with E-state index in [1.165, 1.54) is 7.11 Å². The monoisotopic (exact) mass is 378 g/mol. The van der Waals surface area contributed by atoms with Crippen molar-refractivity contribution < 1.29 is 14.6 Å². The van der Waals surface area contributed by atoms with E-state index in [2.05, 4.69) is 9.97 Å². The molecule has 4 rings (SSSR count). The molecule has 0 aliphatic carbocycles. The number of fused-ring (bicyclic) bond motifs is 1. The summed E-state index contributed by atoms with van der Waals surface area (Å²) < 4.78 is 10.6. The summed E-state index contributed by atoms with van der Waals surface area (Å²) in [7, 11) is 3.07. The van der Waals surface area contributed by atoms with Crippen molar-refractivity contribution in [2.24, 2.45) is 0 Å². The number of aromatic amines is 1. The lowest BCUT2D eigenvalue weighted by atomic mass is 10.2. The first kappa shape index (κ1) is 17.6. The van der Waals surface area contributed by atoms with E-state index >= 15 is 0 Å². The molecule has 28 heavy (non-hydrogen) atoms. The molecule has 0 spiro atoms. The lowest BCUT2D eigenvalue weighted by Gasteiger charge is -2.20. The molecule has 142 valence electrons. The lowest BCUT2D eigenvalue weighted by Crippen LogP contribution is -2.26. The van der Waals surface area contributed by atoms with Gasteiger partial charge in [-0.3, -0.25) is 10.2 Å². The minimum Gasteiger partial charge on any atom is -0.509 e. The summed E-state index contributed by atoms with van der Waals surface area (Å²) in [6.45, 7) is 0.0835. The minimum absolute atomic E-state index is 0.0307. The number of para-hydroxylation sites is 1. The predicted molar refractivity (Wildman–Crippen MR) is 107 cm³/mol. The second-order valence-corrected chi connectivity index (χ2v) is 6.23. The summed E-state index contributed by atoms with van der Waals surface area (Å²) in [5.41, 5.74) is 1.02. The van der Waals surface area contributed by atoms with Crippen LogP contribution in [-0.2, 0) is 0 Å². The molecule has 2 aromatic carbocycles. The number of rotatable bonds is 4. The summed E-state index contributed by atoms with van der Waals surface area (Å²) in [5.74, 6) is 1.23. The van der Waals surface area contributed by atoms with E-state index in [0.717, 1.165) is 0 Å². The number of anilines is 1. The van der Waals surface area contributed by atoms with Crippen molar-refractivity contribution in [2.75, 3.05) is 25.7 Å². The van der Waals surface area contributed by atoms with Crippen LogP contribution in [0, 0.1) is 5.41 Å². The first-order valence-electron chi connectivity index (χ1n) is 8.53. The van der Waals surface area contributed by atoms with E-state index in [4.69, 9.17) is 14.9 Å². The highest BCUT2D eigenvalue weighted by Gasteiger charge is 2.31. The fourth-order valence-electron chi connectivity index (χ4n) is 3.25. The SMILES string of the molecule is COc1ccc(N2CC(O)=C(c3nc4ccccc4c(=O)[nH]3)C2=N)cc1OC. The van der Waals surface area contributed by atoms with Gasteiger partial charge in [0.1, 0.15) is 17.4 Å². The van der Waals surface area contributed by atoms with Gasteiger partial charge in [-0.15, -0.1) is 0 Å². The second-order valence-electron chi connectivity index (χ2n) is 6.23. The third-order valence-electron chi connectivity index (χ3n) is 4.63. The van der Waals surface area contributed by atoms with Gasteiger partial charge in [-0.25, -0.2) is 4.98 Å². The average Bonchev–Trinajstić information content (AvgIpc) is 3.01. The summed E-state index contributed by atoms with van der Waals surface area (Å²) in [6.07, 6.45) is 0. The van der Waals surface area contributed by atoms with Crippen molar-refractivity contribution in [3.05, 3.63) is 64.4 Å². The van der Waals surface area contributed by atoms with Crippen LogP contribution in [0.2, 0.25) is 0 Å². The number of H-pyrrole nitrogens is 1. The molecule has 8 nitrogen and oxygen atoms in total. The van der Waals surface area contributed by atoms with Crippen LogP contribution in [-0.4, -0.2) is 41.7 Å². The third-order valence-corrected chi connectivity index (χ3v) is 4.63. The van der Waals surface area contributed by atoms with Crippen LogP contribution >= 0.6 is 0 Å². The number of aliphatic hydroxyl groups is 1. The van der Waals surface area contributed by atoms with Crippen LogP contribution in [0.4, 0.5) is 5.69 Å². The second kappa shape index (κ2) is 6.73. The lowest BCUT2D eigenvalue weighted by molar-refractivity contribution is 0.355. The Bertz CT molecular complexity index is 1180. The van der Waals surface area contributed by atoms with Gasteiger partial charge in [0, 0.05) is 11.8 Å². The van der Waals surface area contributed by atoms with Crippen molar-refractivity contribution in [3.8, 4) is 11.5 Å². The number of hydrogen-bond acceptors (Lipinski definition) is 6. The van der Waals surface area contributed by atoms with Gasteiger partial charge in [0.25, 0.3) is 5.56 Å². The zero-order chi connectivity index (χ0) is 19.8. The fraction of sp³-hybridized carbons (Fsp3) is 0.150. The molecule has 0 radical (unpaired) electrons. The van der Waals surface area contributed by atoms with E-state index in [0.29, 0.717) is 28.1 Å². The topological polar surface area (TPSA) is 112 Å². The maximum absolute atomic E-state index is 12.4. The normalized spacial score (nSPS) is 14.1. The number of aliphatic hydroxyl groups excluding tert-OH is 1. The van der Waals surface area contributed by atoms with Crippen LogP contribution < -0.4 is 19.9 Å². The van der Waals surface area contributed by atoms with Crippen molar-refractivity contribution >= 4 is 28.0 Å². The van der Waals surface area contributed by atoms with Crippen molar-refractivity contribution in [1.29, 1.82) is 5.41 Å². The maximum atomic E-state index is 12.4. The number of hydrogen-bond donors (Lipinski definition) is 3. The molecule has 1 aliphatic heterocycles. The number of amidine groups is 1. The van der Waals surface area contributed by atoms with Crippen molar-refractivity contribution in [2.45, 2.75) is 0 Å². The highest BCUT2D eigenvalue weighted by atomic mass is 16.5. The number of benzene rings is 2. The Balaban J connectivity index is 1.74. The molecular weight excluding hydrogens is 360 g/mol. The molecule has 0 saturated carbocycles. The smallest absolute Gasteiger partial charge is 0.259 e. The van der Waals surface area contributed by atoms with Crippen LogP contribution in [0.3, 0.4) is 0 Å². The van der Waals surface area contributed by atoms with Crippen molar-refractivity contribution in [1.82, 2.24) is 9.97 Å². The predicted octanol–water partition coefficient (Wildman–Crippen LogP) is 2.71. The molecule has 0 unspecified atom stereocenters. The molecule has 1 aromatic heterocycles. The Morgan fingerprint density at radius 1 is 1.14 bits per heavy atom. The molecular formula is C20H18N4O4. The van der Waals surface area contributed by atoms with Gasteiger partial charge in [0.05, 0.1) is 37.2 Å². The number of ether oxygens (including phenoxy) is 2. The summed E-state index contributed by atoms with van der Waals surface area (Å²) in [6, 6.07) is 12.1. The quantitative estimate of drug-likeness (QED) is 0.644. The molecule has 3 N–H and O–H groups in total. The Morgan fingerprint density at radius 2 is 1.89 bits per heavy atom. The zero-order valence-electron chi connectivity index (χ0n) is 15.3. The molecule has 8 heteroatoms. The van der Waals surface area contributed by atoms with Gasteiger partial charge in [0.15, 0.2) is 11.5 Å². The molecule has 0 bridgehead atoms. The van der Waals surface area contributed by atoms with E-state index in [-0.39, 0.29) is 35.1 Å². The Labute approximate surface area is 160 Å². The minimum atomic E-state index is -0.321. The zero-order valence-corrected chi connectivity index (χ0v) is 15.3. The van der Waals surface area contributed by atoms with E-state index in [9.17, 15) is 9.90 Å². The Hall–Kier alpha value is -3.81. The van der Waals surface area contributed by atoms with Crippen LogP contribution in [0.1, 0.15) is 5.82 Å². The molecule has 0 atom stereocenters. The first-order valence-corrected chi connectivity index (χ1v) is 8.53. The summed E-state index contributed by atoms with van der Waals surface area (Å²) in [5, 5.41) is 19.5. The van der Waals surface area contributed by atoms with Gasteiger partial charge in [-0.1, -0.05) is 12.1 Å². The van der Waals surface area contributed by atoms with Gasteiger partial charge in [-0.05, 0) is 24.3 Å². The van der Waals surface area contributed by atoms with Crippen LogP contribution in [0.25, 0.3) is 16.5 Å². The molecule has 3 aromatic rings. The number of methoxy groups -OCH3 is 2. The van der Waals surface area contributed by atoms with Crippen LogP contribution in [0.15, 0.2) is 53.0 Å².